The molecule has 1 aromatic heterocycles. The second-order valence-corrected chi connectivity index (χ2v) is 8.00. The third-order valence-corrected chi connectivity index (χ3v) is 5.60. The van der Waals surface area contributed by atoms with Crippen LogP contribution in [0.2, 0.25) is 0 Å². The zero-order chi connectivity index (χ0) is 22.8. The molecule has 3 amide bonds. The predicted octanol–water partition coefficient (Wildman–Crippen LogP) is 3.92. The fourth-order valence-electron chi connectivity index (χ4n) is 3.51. The fourth-order valence-corrected chi connectivity index (χ4v) is 3.77. The lowest BCUT2D eigenvalue weighted by Gasteiger charge is -2.27. The van der Waals surface area contributed by atoms with Gasteiger partial charge in [0.05, 0.1) is 29.8 Å². The van der Waals surface area contributed by atoms with Gasteiger partial charge in [-0.05, 0) is 48.5 Å². The van der Waals surface area contributed by atoms with Crippen molar-refractivity contribution in [3.05, 3.63) is 92.8 Å². The first kappa shape index (κ1) is 21.4. The normalized spacial score (nSPS) is 15.8. The van der Waals surface area contributed by atoms with Crippen molar-refractivity contribution in [1.82, 2.24) is 4.90 Å². The number of furan rings is 1. The number of non-ortho nitro benzene ring substituents is 1. The Kier molecular flexibility index (Phi) is 5.87. The van der Waals surface area contributed by atoms with Crippen LogP contribution in [0.25, 0.3) is 0 Å². The van der Waals surface area contributed by atoms with Gasteiger partial charge in [0.1, 0.15) is 11.8 Å². The van der Waals surface area contributed by atoms with Crippen LogP contribution in [0.3, 0.4) is 0 Å². The zero-order valence-electron chi connectivity index (χ0n) is 16.5. The molecule has 0 spiro atoms. The van der Waals surface area contributed by atoms with Crippen molar-refractivity contribution >= 4 is 45.0 Å². The Balaban J connectivity index is 1.66. The van der Waals surface area contributed by atoms with E-state index in [1.54, 1.807) is 36.4 Å². The van der Waals surface area contributed by atoms with E-state index in [4.69, 9.17) is 4.42 Å². The summed E-state index contributed by atoms with van der Waals surface area (Å²) in [6.45, 7) is -0.0410. The number of nitro groups is 1. The Bertz CT molecular complexity index is 1180. The molecule has 32 heavy (non-hydrogen) atoms. The van der Waals surface area contributed by atoms with Crippen LogP contribution in [0, 0.1) is 10.1 Å². The average molecular weight is 498 g/mol. The number of halogens is 1. The number of hydrogen-bond donors (Lipinski definition) is 0. The SMILES string of the molecule is O=C1CC(N(Cc2ccco2)C(=O)c2ccc([N+](=O)[O-])cc2)C(=O)N1c1ccc(Br)cc1. The lowest BCUT2D eigenvalue weighted by atomic mass is 10.1. The van der Waals surface area contributed by atoms with Crippen molar-refractivity contribution in [2.45, 2.75) is 19.0 Å². The van der Waals surface area contributed by atoms with Crippen LogP contribution in [0.1, 0.15) is 22.5 Å². The number of hydrogen-bond acceptors (Lipinski definition) is 6. The molecule has 1 aliphatic heterocycles. The third-order valence-electron chi connectivity index (χ3n) is 5.08. The van der Waals surface area contributed by atoms with E-state index in [1.807, 2.05) is 0 Å². The summed E-state index contributed by atoms with van der Waals surface area (Å²) >= 11 is 3.32. The molecule has 10 heteroatoms. The van der Waals surface area contributed by atoms with Gasteiger partial charge in [0.2, 0.25) is 5.91 Å². The Hall–Kier alpha value is -3.79. The topological polar surface area (TPSA) is 114 Å². The van der Waals surface area contributed by atoms with Crippen molar-refractivity contribution in [2.24, 2.45) is 0 Å². The maximum atomic E-state index is 13.3. The maximum Gasteiger partial charge on any atom is 0.269 e. The maximum absolute atomic E-state index is 13.3. The quantitative estimate of drug-likeness (QED) is 0.289. The molecule has 0 N–H and O–H groups in total. The van der Waals surface area contributed by atoms with Gasteiger partial charge in [0.25, 0.3) is 17.5 Å². The number of nitrogens with zero attached hydrogens (tertiary/aromatic N) is 3. The highest BCUT2D eigenvalue weighted by molar-refractivity contribution is 9.10. The van der Waals surface area contributed by atoms with E-state index in [9.17, 15) is 24.5 Å². The van der Waals surface area contributed by atoms with E-state index < -0.39 is 28.7 Å². The standard InChI is InChI=1S/C22H16BrN3O6/c23-15-5-9-16(10-6-15)25-20(27)12-19(22(25)29)24(13-18-2-1-11-32-18)21(28)14-3-7-17(8-4-14)26(30)31/h1-11,19H,12-13H2. The number of carbonyl (C=O) groups excluding carboxylic acids is 3. The summed E-state index contributed by atoms with van der Waals surface area (Å²) < 4.78 is 6.14. The summed E-state index contributed by atoms with van der Waals surface area (Å²) in [4.78, 5) is 51.9. The summed E-state index contributed by atoms with van der Waals surface area (Å²) in [7, 11) is 0. The number of amides is 3. The van der Waals surface area contributed by atoms with Crippen LogP contribution in [0.4, 0.5) is 11.4 Å². The van der Waals surface area contributed by atoms with Gasteiger partial charge in [-0.3, -0.25) is 24.5 Å². The molecular weight excluding hydrogens is 482 g/mol. The Labute approximate surface area is 190 Å². The fraction of sp³-hybridized carbons (Fsp3) is 0.136. The molecule has 2 heterocycles. The van der Waals surface area contributed by atoms with Gasteiger partial charge in [-0.25, -0.2) is 4.90 Å². The Morgan fingerprint density at radius 2 is 1.81 bits per heavy atom. The lowest BCUT2D eigenvalue weighted by molar-refractivity contribution is -0.384. The van der Waals surface area contributed by atoms with Crippen LogP contribution in [-0.2, 0) is 16.1 Å². The molecule has 2 aromatic carbocycles. The van der Waals surface area contributed by atoms with Crippen LogP contribution in [-0.4, -0.2) is 33.6 Å². The molecule has 0 bridgehead atoms. The summed E-state index contributed by atoms with van der Waals surface area (Å²) in [6.07, 6.45) is 1.26. The minimum absolute atomic E-state index is 0.0410. The first-order chi connectivity index (χ1) is 15.3. The molecule has 1 aliphatic rings. The van der Waals surface area contributed by atoms with E-state index in [-0.39, 0.29) is 24.2 Å². The summed E-state index contributed by atoms with van der Waals surface area (Å²) in [5.41, 5.74) is 0.406. The molecule has 1 fully saturated rings. The minimum atomic E-state index is -1.04. The van der Waals surface area contributed by atoms with E-state index in [2.05, 4.69) is 15.9 Å². The Morgan fingerprint density at radius 3 is 2.41 bits per heavy atom. The van der Waals surface area contributed by atoms with Gasteiger partial charge < -0.3 is 9.32 Å². The van der Waals surface area contributed by atoms with E-state index in [1.165, 1.54) is 35.4 Å². The highest BCUT2D eigenvalue weighted by Gasteiger charge is 2.44. The molecule has 4 rings (SSSR count). The molecule has 0 aliphatic carbocycles. The summed E-state index contributed by atoms with van der Waals surface area (Å²) in [5.74, 6) is -1.06. The van der Waals surface area contributed by atoms with Crippen molar-refractivity contribution in [2.75, 3.05) is 4.90 Å². The molecule has 0 saturated carbocycles. The number of imide groups is 1. The van der Waals surface area contributed by atoms with Gasteiger partial charge >= 0.3 is 0 Å². The number of rotatable bonds is 6. The Morgan fingerprint density at radius 1 is 1.12 bits per heavy atom. The zero-order valence-corrected chi connectivity index (χ0v) is 18.1. The molecule has 3 aromatic rings. The second kappa shape index (κ2) is 8.75. The van der Waals surface area contributed by atoms with Crippen LogP contribution in [0.15, 0.2) is 75.8 Å². The van der Waals surface area contributed by atoms with Gasteiger partial charge in [0.15, 0.2) is 0 Å². The molecule has 1 unspecified atom stereocenters. The van der Waals surface area contributed by atoms with E-state index in [0.717, 1.165) is 9.37 Å². The first-order valence-corrected chi connectivity index (χ1v) is 10.3. The average Bonchev–Trinajstić information content (AvgIpc) is 3.40. The monoisotopic (exact) mass is 497 g/mol. The van der Waals surface area contributed by atoms with Crippen LogP contribution < -0.4 is 4.90 Å². The molecule has 1 atom stereocenters. The first-order valence-electron chi connectivity index (χ1n) is 9.55. The highest BCUT2D eigenvalue weighted by atomic mass is 79.9. The van der Waals surface area contributed by atoms with Crippen molar-refractivity contribution < 1.29 is 23.7 Å². The van der Waals surface area contributed by atoms with Gasteiger partial charge in [-0.1, -0.05) is 15.9 Å². The highest BCUT2D eigenvalue weighted by Crippen LogP contribution is 2.29. The summed E-state index contributed by atoms with van der Waals surface area (Å²) in [5, 5.41) is 10.9. The van der Waals surface area contributed by atoms with Gasteiger partial charge in [-0.2, -0.15) is 0 Å². The molecule has 1 saturated heterocycles. The number of carbonyl (C=O) groups is 3. The molecule has 9 nitrogen and oxygen atoms in total. The molecule has 0 radical (unpaired) electrons. The number of nitro benzene ring substituents is 1. The van der Waals surface area contributed by atoms with Crippen LogP contribution in [0.5, 0.6) is 0 Å². The predicted molar refractivity (Wildman–Crippen MR) is 117 cm³/mol. The number of benzene rings is 2. The van der Waals surface area contributed by atoms with E-state index >= 15 is 0 Å². The smallest absolute Gasteiger partial charge is 0.269 e. The molecule has 162 valence electrons. The largest absolute Gasteiger partial charge is 0.467 e. The van der Waals surface area contributed by atoms with Gasteiger partial charge in [0, 0.05) is 22.2 Å². The summed E-state index contributed by atoms with van der Waals surface area (Å²) in [6, 6.07) is 14.0. The van der Waals surface area contributed by atoms with Gasteiger partial charge in [-0.15, -0.1) is 0 Å². The van der Waals surface area contributed by atoms with E-state index in [0.29, 0.717) is 11.4 Å². The van der Waals surface area contributed by atoms with Crippen molar-refractivity contribution in [3.8, 4) is 0 Å². The minimum Gasteiger partial charge on any atom is -0.467 e. The molecular formula is C22H16BrN3O6. The third kappa shape index (κ3) is 4.17. The second-order valence-electron chi connectivity index (χ2n) is 7.08. The number of anilines is 1. The van der Waals surface area contributed by atoms with Crippen LogP contribution >= 0.6 is 15.9 Å². The van der Waals surface area contributed by atoms with Crippen molar-refractivity contribution in [1.29, 1.82) is 0 Å². The lowest BCUT2D eigenvalue weighted by Crippen LogP contribution is -2.45. The van der Waals surface area contributed by atoms with Crippen molar-refractivity contribution in [3.63, 3.8) is 0 Å².